The van der Waals surface area contributed by atoms with Gasteiger partial charge in [-0.3, -0.25) is 14.4 Å². The fourth-order valence-electron chi connectivity index (χ4n) is 3.76. The van der Waals surface area contributed by atoms with E-state index < -0.39 is 36.4 Å². The number of aliphatic hydroxyl groups is 1. The van der Waals surface area contributed by atoms with E-state index in [1.807, 2.05) is 6.92 Å². The molecular formula is C25H31N3O9. The van der Waals surface area contributed by atoms with E-state index in [4.69, 9.17) is 25.2 Å². The first-order chi connectivity index (χ1) is 17.4. The van der Waals surface area contributed by atoms with Crippen LogP contribution in [0.2, 0.25) is 0 Å². The third-order valence-electron chi connectivity index (χ3n) is 5.82. The lowest BCUT2D eigenvalue weighted by molar-refractivity contribution is -0.170. The van der Waals surface area contributed by atoms with Gasteiger partial charge in [-0.25, -0.2) is 14.8 Å². The summed E-state index contributed by atoms with van der Waals surface area (Å²) in [6.07, 6.45) is 3.41. The monoisotopic (exact) mass is 517 g/mol. The molecule has 3 rings (SSSR count). The minimum absolute atomic E-state index is 0.138. The molecule has 0 saturated carbocycles. The molecule has 2 heterocycles. The second-order valence-electron chi connectivity index (χ2n) is 8.80. The van der Waals surface area contributed by atoms with Crippen molar-refractivity contribution in [3.63, 3.8) is 0 Å². The summed E-state index contributed by atoms with van der Waals surface area (Å²) in [5.74, 6) is -4.32. The summed E-state index contributed by atoms with van der Waals surface area (Å²) in [6.45, 7) is 4.62. The fraction of sp³-hybridized carbons (Fsp3) is 0.440. The van der Waals surface area contributed by atoms with Gasteiger partial charge in [0.1, 0.15) is 17.8 Å². The summed E-state index contributed by atoms with van der Waals surface area (Å²) in [6, 6.07) is 8.57. The Morgan fingerprint density at radius 3 is 2.22 bits per heavy atom. The molecule has 0 aliphatic carbocycles. The summed E-state index contributed by atoms with van der Waals surface area (Å²) < 4.78 is 6.26. The zero-order chi connectivity index (χ0) is 27.6. The Balaban J connectivity index is 0.000000317. The molecule has 1 aliphatic rings. The van der Waals surface area contributed by atoms with Gasteiger partial charge in [-0.05, 0) is 38.7 Å². The molecule has 12 nitrogen and oxygen atoms in total. The number of carboxylic acids is 3. The van der Waals surface area contributed by atoms with Crippen molar-refractivity contribution in [1.82, 2.24) is 9.97 Å². The number of benzene rings is 1. The smallest absolute Gasteiger partial charge is 0.336 e. The van der Waals surface area contributed by atoms with Gasteiger partial charge in [0.05, 0.1) is 25.0 Å². The van der Waals surface area contributed by atoms with Gasteiger partial charge in [0.2, 0.25) is 0 Å². The van der Waals surface area contributed by atoms with Gasteiger partial charge in [0, 0.05) is 12.1 Å². The molecule has 1 saturated heterocycles. The summed E-state index contributed by atoms with van der Waals surface area (Å²) in [5.41, 5.74) is 0.968. The maximum atomic E-state index is 11.0. The molecule has 0 amide bonds. The van der Waals surface area contributed by atoms with Crippen molar-refractivity contribution < 1.29 is 44.3 Å². The Bertz CT molecular complexity index is 1090. The van der Waals surface area contributed by atoms with E-state index in [1.165, 1.54) is 17.5 Å². The van der Waals surface area contributed by atoms with Crippen LogP contribution in [-0.4, -0.2) is 72.8 Å². The number of nitrogens with zero attached hydrogens (tertiary/aromatic N) is 2. The minimum Gasteiger partial charge on any atom is -0.481 e. The minimum atomic E-state index is -2.74. The molecule has 2 atom stereocenters. The average molecular weight is 518 g/mol. The van der Waals surface area contributed by atoms with Crippen molar-refractivity contribution in [3.8, 4) is 0 Å². The molecule has 1 fully saturated rings. The highest BCUT2D eigenvalue weighted by atomic mass is 16.5. The predicted octanol–water partition coefficient (Wildman–Crippen LogP) is 2.38. The summed E-state index contributed by atoms with van der Waals surface area (Å²) in [4.78, 5) is 49.6. The third-order valence-corrected chi connectivity index (χ3v) is 5.82. The molecule has 1 aliphatic heterocycles. The van der Waals surface area contributed by atoms with Gasteiger partial charge in [-0.2, -0.15) is 0 Å². The number of aldehydes is 1. The number of aromatic nitrogens is 2. The molecule has 2 aromatic rings. The largest absolute Gasteiger partial charge is 0.481 e. The van der Waals surface area contributed by atoms with Gasteiger partial charge < -0.3 is 30.5 Å². The quantitative estimate of drug-likeness (QED) is 0.289. The molecule has 5 N–H and O–H groups in total. The number of hydrogen-bond donors (Lipinski definition) is 5. The number of anilines is 1. The first-order valence-corrected chi connectivity index (χ1v) is 11.6. The zero-order valence-corrected chi connectivity index (χ0v) is 20.6. The Morgan fingerprint density at radius 2 is 1.68 bits per heavy atom. The maximum Gasteiger partial charge on any atom is 0.336 e. The number of rotatable bonds is 10. The van der Waals surface area contributed by atoms with Crippen molar-refractivity contribution in [3.05, 3.63) is 53.0 Å². The predicted molar refractivity (Wildman–Crippen MR) is 130 cm³/mol. The second kappa shape index (κ2) is 13.4. The normalized spacial score (nSPS) is 17.2. The Morgan fingerprint density at radius 1 is 1.05 bits per heavy atom. The highest BCUT2D eigenvalue weighted by Gasteiger charge is 2.40. The van der Waals surface area contributed by atoms with Crippen LogP contribution in [0.15, 0.2) is 30.6 Å². The topological polar surface area (TPSA) is 196 Å². The van der Waals surface area contributed by atoms with Crippen LogP contribution in [0.1, 0.15) is 65.4 Å². The molecule has 0 radical (unpaired) electrons. The molecule has 1 aromatic carbocycles. The zero-order valence-electron chi connectivity index (χ0n) is 20.6. The van der Waals surface area contributed by atoms with E-state index in [9.17, 15) is 19.2 Å². The van der Waals surface area contributed by atoms with Gasteiger partial charge in [0.25, 0.3) is 0 Å². The van der Waals surface area contributed by atoms with Crippen molar-refractivity contribution in [2.75, 3.05) is 11.9 Å². The number of nitrogens with one attached hydrogen (secondary N) is 1. The molecular weight excluding hydrogens is 486 g/mol. The Kier molecular flexibility index (Phi) is 10.6. The van der Waals surface area contributed by atoms with E-state index in [-0.39, 0.29) is 12.2 Å². The van der Waals surface area contributed by atoms with Gasteiger partial charge >= 0.3 is 17.9 Å². The second-order valence-corrected chi connectivity index (χ2v) is 8.80. The molecule has 200 valence electrons. The van der Waals surface area contributed by atoms with E-state index in [0.29, 0.717) is 18.1 Å². The van der Waals surface area contributed by atoms with E-state index in [2.05, 4.69) is 46.5 Å². The number of aryl methyl sites for hydroxylation is 1. The van der Waals surface area contributed by atoms with Crippen LogP contribution < -0.4 is 5.32 Å². The fourth-order valence-corrected chi connectivity index (χ4v) is 3.76. The van der Waals surface area contributed by atoms with Crippen LogP contribution >= 0.6 is 0 Å². The van der Waals surface area contributed by atoms with Crippen molar-refractivity contribution in [1.29, 1.82) is 0 Å². The van der Waals surface area contributed by atoms with Gasteiger partial charge in [-0.15, -0.1) is 0 Å². The molecule has 1 aromatic heterocycles. The first-order valence-electron chi connectivity index (χ1n) is 11.6. The standard InChI is InChI=1S/C19H23N3O2.C6H8O7/c1-13-6-8-15(9-7-13)18-5-3-4-16(24-18)10-20-19-14(2)17(11-23)21-12-22-19;7-3(8)1-6(13,5(11)12)2-4(9)10/h6-9,11-12,16,18H,3-5,10H2,1-2H3,(H,20,21,22);13H,1-2H2,(H,7,8)(H,9,10)(H,11,12)/t16-,18+;/m1./s1. The molecule has 0 spiro atoms. The molecule has 0 bridgehead atoms. The first kappa shape index (κ1) is 29.3. The van der Waals surface area contributed by atoms with Crippen LogP contribution in [0, 0.1) is 13.8 Å². The lowest BCUT2D eigenvalue weighted by Crippen LogP contribution is -2.42. The van der Waals surface area contributed by atoms with Gasteiger partial charge in [0.15, 0.2) is 11.9 Å². The SMILES string of the molecule is Cc1ccc([C@@H]2CCC[C@H](CNc3ncnc(C=O)c3C)O2)cc1.O=C(O)CC(O)(CC(=O)O)C(=O)O. The molecule has 0 unspecified atom stereocenters. The van der Waals surface area contributed by atoms with Crippen molar-refractivity contribution in [2.24, 2.45) is 0 Å². The highest BCUT2D eigenvalue weighted by Crippen LogP contribution is 2.31. The summed E-state index contributed by atoms with van der Waals surface area (Å²) in [7, 11) is 0. The molecule has 12 heteroatoms. The van der Waals surface area contributed by atoms with Crippen LogP contribution in [0.5, 0.6) is 0 Å². The lowest BCUT2D eigenvalue weighted by Gasteiger charge is -2.31. The summed E-state index contributed by atoms with van der Waals surface area (Å²) >= 11 is 0. The van der Waals surface area contributed by atoms with Crippen LogP contribution in [0.25, 0.3) is 0 Å². The van der Waals surface area contributed by atoms with Crippen molar-refractivity contribution in [2.45, 2.75) is 63.8 Å². The van der Waals surface area contributed by atoms with E-state index in [0.717, 1.165) is 31.1 Å². The number of aliphatic carboxylic acids is 3. The van der Waals surface area contributed by atoms with Gasteiger partial charge in [-0.1, -0.05) is 29.8 Å². The molecule has 37 heavy (non-hydrogen) atoms. The Labute approximate surface area is 213 Å². The number of carboxylic acid groups (broad SMARTS) is 3. The van der Waals surface area contributed by atoms with E-state index >= 15 is 0 Å². The lowest BCUT2D eigenvalue weighted by atomic mass is 9.96. The van der Waals surface area contributed by atoms with Crippen LogP contribution in [0.3, 0.4) is 0 Å². The van der Waals surface area contributed by atoms with Crippen molar-refractivity contribution >= 4 is 30.0 Å². The van der Waals surface area contributed by atoms with Crippen LogP contribution in [-0.2, 0) is 19.1 Å². The van der Waals surface area contributed by atoms with E-state index in [1.54, 1.807) is 0 Å². The number of hydrogen-bond acceptors (Lipinski definition) is 9. The third kappa shape index (κ3) is 8.92. The number of ether oxygens (including phenoxy) is 1. The number of carbonyl (C=O) groups is 4. The Hall–Kier alpha value is -3.90. The van der Waals surface area contributed by atoms with Crippen LogP contribution in [0.4, 0.5) is 5.82 Å². The average Bonchev–Trinajstić information content (AvgIpc) is 2.83. The summed E-state index contributed by atoms with van der Waals surface area (Å²) in [5, 5.41) is 37.1. The maximum absolute atomic E-state index is 11.0. The highest BCUT2D eigenvalue weighted by molar-refractivity contribution is 5.88. The number of carbonyl (C=O) groups excluding carboxylic acids is 1.